The average Bonchev–Trinajstić information content (AvgIpc) is 3.32. The number of anilines is 1. The number of piperidine rings is 1. The minimum Gasteiger partial charge on any atom is -0.320 e. The molecule has 2 aliphatic heterocycles. The maximum atomic E-state index is 13.5. The number of H-pyrrole nitrogens is 1. The molecule has 4 aromatic rings. The number of alkyl halides is 2. The smallest absolute Gasteiger partial charge is 0.276 e. The fraction of sp³-hybridized carbons (Fsp3) is 0.357. The van der Waals surface area contributed by atoms with Gasteiger partial charge in [-0.3, -0.25) is 29.7 Å². The van der Waals surface area contributed by atoms with Crippen LogP contribution in [0.2, 0.25) is 0 Å². The van der Waals surface area contributed by atoms with Crippen LogP contribution in [0, 0.1) is 0 Å². The first-order valence-corrected chi connectivity index (χ1v) is 12.9. The normalized spacial score (nSPS) is 17.8. The number of pyridine rings is 2. The van der Waals surface area contributed by atoms with Crippen molar-refractivity contribution in [3.63, 3.8) is 0 Å². The van der Waals surface area contributed by atoms with E-state index in [0.29, 0.717) is 36.4 Å². The van der Waals surface area contributed by atoms with Crippen molar-refractivity contribution in [2.45, 2.75) is 38.3 Å². The highest BCUT2D eigenvalue weighted by Crippen LogP contribution is 2.30. The Kier molecular flexibility index (Phi) is 6.59. The van der Waals surface area contributed by atoms with Crippen LogP contribution in [0.3, 0.4) is 0 Å². The van der Waals surface area contributed by atoms with Crippen LogP contribution in [0.5, 0.6) is 0 Å². The lowest BCUT2D eigenvalue weighted by atomic mass is 10.0. The summed E-state index contributed by atoms with van der Waals surface area (Å²) >= 11 is 0. The Morgan fingerprint density at radius 3 is 2.58 bits per heavy atom. The van der Waals surface area contributed by atoms with Crippen LogP contribution in [0.15, 0.2) is 55.0 Å². The minimum atomic E-state index is -2.56. The highest BCUT2D eigenvalue weighted by Gasteiger charge is 2.33. The summed E-state index contributed by atoms with van der Waals surface area (Å²) in [6, 6.07) is 11.5. The number of amides is 1. The number of nitrogens with one attached hydrogen (secondary N) is 2. The molecule has 2 aliphatic rings. The van der Waals surface area contributed by atoms with Gasteiger partial charge in [0.15, 0.2) is 5.69 Å². The van der Waals surface area contributed by atoms with Gasteiger partial charge in [0.05, 0.1) is 11.2 Å². The average molecular weight is 518 g/mol. The Morgan fingerprint density at radius 2 is 1.79 bits per heavy atom. The molecule has 5 heterocycles. The van der Waals surface area contributed by atoms with E-state index in [2.05, 4.69) is 30.4 Å². The molecule has 3 aromatic heterocycles. The first-order valence-electron chi connectivity index (χ1n) is 12.9. The highest BCUT2D eigenvalue weighted by molar-refractivity contribution is 6.11. The summed E-state index contributed by atoms with van der Waals surface area (Å²) in [6.45, 7) is 4.24. The summed E-state index contributed by atoms with van der Waals surface area (Å²) in [4.78, 5) is 26.3. The number of nitrogens with zero attached hydrogens (tertiary/aromatic N) is 5. The molecule has 0 aliphatic carbocycles. The van der Waals surface area contributed by atoms with Crippen molar-refractivity contribution < 1.29 is 13.6 Å². The van der Waals surface area contributed by atoms with Crippen molar-refractivity contribution in [2.24, 2.45) is 0 Å². The Morgan fingerprint density at radius 1 is 0.974 bits per heavy atom. The lowest BCUT2D eigenvalue weighted by molar-refractivity contribution is -0.0566. The fourth-order valence-electron chi connectivity index (χ4n) is 5.00. The molecule has 1 amide bonds. The molecule has 10 heteroatoms. The Hall–Kier alpha value is -3.76. The van der Waals surface area contributed by atoms with Gasteiger partial charge in [-0.1, -0.05) is 6.07 Å². The predicted octanol–water partition coefficient (Wildman–Crippen LogP) is 4.71. The van der Waals surface area contributed by atoms with Gasteiger partial charge in [-0.15, -0.1) is 0 Å². The second kappa shape index (κ2) is 10.2. The van der Waals surface area contributed by atoms with Crippen molar-refractivity contribution in [3.8, 4) is 11.1 Å². The number of likely N-dealkylation sites (tertiary alicyclic amines) is 2. The van der Waals surface area contributed by atoms with E-state index >= 15 is 0 Å². The second-order valence-corrected chi connectivity index (χ2v) is 10.2. The molecule has 2 N–H and O–H groups in total. The number of carbonyl (C=O) groups is 1. The predicted molar refractivity (Wildman–Crippen MR) is 141 cm³/mol. The maximum Gasteiger partial charge on any atom is 0.276 e. The zero-order valence-corrected chi connectivity index (χ0v) is 21.0. The summed E-state index contributed by atoms with van der Waals surface area (Å²) in [5.74, 6) is -2.86. The van der Waals surface area contributed by atoms with Gasteiger partial charge in [0, 0.05) is 74.2 Å². The molecular weight excluding hydrogens is 488 g/mol. The molecule has 0 saturated carbocycles. The summed E-state index contributed by atoms with van der Waals surface area (Å²) < 4.78 is 27.0. The molecule has 1 aromatic carbocycles. The van der Waals surface area contributed by atoms with E-state index in [-0.39, 0.29) is 18.7 Å². The van der Waals surface area contributed by atoms with Gasteiger partial charge >= 0.3 is 0 Å². The van der Waals surface area contributed by atoms with E-state index in [1.54, 1.807) is 24.7 Å². The number of rotatable bonds is 7. The number of aromatic amines is 1. The number of halogens is 2. The number of fused-ring (bicyclic) bond motifs is 1. The fourth-order valence-corrected chi connectivity index (χ4v) is 5.00. The molecule has 0 radical (unpaired) electrons. The summed E-state index contributed by atoms with van der Waals surface area (Å²) in [7, 11) is 0. The maximum absolute atomic E-state index is 13.5. The number of hydrogen-bond donors (Lipinski definition) is 2. The van der Waals surface area contributed by atoms with Crippen molar-refractivity contribution in [1.29, 1.82) is 0 Å². The van der Waals surface area contributed by atoms with Crippen molar-refractivity contribution in [1.82, 2.24) is 30.0 Å². The first-order chi connectivity index (χ1) is 18.4. The molecule has 0 spiro atoms. The lowest BCUT2D eigenvalue weighted by Crippen LogP contribution is -2.38. The van der Waals surface area contributed by atoms with Gasteiger partial charge in [0.25, 0.3) is 11.8 Å². The standard InChI is InChI=1S/C28H29F2N7O/c29-28(30)5-10-37(11-6-28)17-19-12-21(16-31-15-19)20-2-3-25-24(13-20)26(35-34-25)27(38)33-22-4-7-32-23(14-22)18-36-8-1-9-36/h2-4,7,12-16H,1,5-6,8-11,17-18H2,(H,34,35)(H,32,33,38). The first kappa shape index (κ1) is 24.6. The monoisotopic (exact) mass is 517 g/mol. The molecule has 0 atom stereocenters. The third-order valence-corrected chi connectivity index (χ3v) is 7.31. The second-order valence-electron chi connectivity index (χ2n) is 10.2. The number of carbonyl (C=O) groups excluding carboxylic acids is 1. The number of benzene rings is 1. The van der Waals surface area contributed by atoms with E-state index in [9.17, 15) is 13.6 Å². The molecule has 8 nitrogen and oxygen atoms in total. The van der Waals surface area contributed by atoms with Gasteiger partial charge in [-0.05, 0) is 61.0 Å². The van der Waals surface area contributed by atoms with Gasteiger partial charge in [0.1, 0.15) is 0 Å². The van der Waals surface area contributed by atoms with Crippen LogP contribution >= 0.6 is 0 Å². The summed E-state index contributed by atoms with van der Waals surface area (Å²) in [5, 5.41) is 10.9. The van der Waals surface area contributed by atoms with E-state index in [1.165, 1.54) is 6.42 Å². The largest absolute Gasteiger partial charge is 0.320 e. The molecule has 2 saturated heterocycles. The Labute approximate surface area is 219 Å². The summed E-state index contributed by atoms with van der Waals surface area (Å²) in [6.07, 6.45) is 6.25. The third-order valence-electron chi connectivity index (χ3n) is 7.31. The van der Waals surface area contributed by atoms with Crippen LogP contribution in [0.4, 0.5) is 14.5 Å². The van der Waals surface area contributed by atoms with Crippen LogP contribution < -0.4 is 5.32 Å². The van der Waals surface area contributed by atoms with Crippen LogP contribution in [0.25, 0.3) is 22.0 Å². The zero-order valence-electron chi connectivity index (χ0n) is 21.0. The Balaban J connectivity index is 1.19. The van der Waals surface area contributed by atoms with Crippen LogP contribution in [0.1, 0.15) is 41.0 Å². The van der Waals surface area contributed by atoms with Gasteiger partial charge in [-0.25, -0.2) is 8.78 Å². The third kappa shape index (κ3) is 5.41. The molecule has 38 heavy (non-hydrogen) atoms. The van der Waals surface area contributed by atoms with Crippen LogP contribution in [-0.4, -0.2) is 68.0 Å². The number of aromatic nitrogens is 4. The van der Waals surface area contributed by atoms with E-state index in [0.717, 1.165) is 47.5 Å². The topological polar surface area (TPSA) is 90.0 Å². The SMILES string of the molecule is O=C(Nc1ccnc(CN2CCC2)c1)c1n[nH]c2ccc(-c3cncc(CN4CCC(F)(F)CC4)c3)cc12. The quantitative estimate of drug-likeness (QED) is 0.369. The molecular formula is C28H29F2N7O. The molecule has 0 bridgehead atoms. The molecule has 196 valence electrons. The van der Waals surface area contributed by atoms with Crippen molar-refractivity contribution >= 4 is 22.5 Å². The Bertz CT molecular complexity index is 1460. The number of hydrogen-bond acceptors (Lipinski definition) is 6. The highest BCUT2D eigenvalue weighted by atomic mass is 19.3. The van der Waals surface area contributed by atoms with Gasteiger partial charge in [0.2, 0.25) is 0 Å². The van der Waals surface area contributed by atoms with E-state index in [1.807, 2.05) is 35.2 Å². The lowest BCUT2D eigenvalue weighted by Gasteiger charge is -2.31. The minimum absolute atomic E-state index is 0.110. The van der Waals surface area contributed by atoms with Crippen LogP contribution in [-0.2, 0) is 13.1 Å². The molecule has 2 fully saturated rings. The van der Waals surface area contributed by atoms with Gasteiger partial charge in [-0.2, -0.15) is 5.10 Å². The zero-order chi connectivity index (χ0) is 26.1. The summed E-state index contributed by atoms with van der Waals surface area (Å²) in [5.41, 5.74) is 5.41. The van der Waals surface area contributed by atoms with Crippen molar-refractivity contribution in [3.05, 3.63) is 71.9 Å². The van der Waals surface area contributed by atoms with Crippen molar-refractivity contribution in [2.75, 3.05) is 31.5 Å². The van der Waals surface area contributed by atoms with E-state index < -0.39 is 5.92 Å². The molecule has 6 rings (SSSR count). The molecule has 0 unspecified atom stereocenters. The van der Waals surface area contributed by atoms with E-state index in [4.69, 9.17) is 0 Å². The van der Waals surface area contributed by atoms with Gasteiger partial charge < -0.3 is 5.32 Å².